The SMILES string of the molecule is COc1ccc(C(=O)COC(=O)c2ccc(N3C(=O)CC(Sc4nc(-c5ccc(C)cc5)ccc4C#N)C3=O)cc2)cc1. The Hall–Kier alpha value is -5.27. The van der Waals surface area contributed by atoms with Gasteiger partial charge < -0.3 is 9.47 Å². The molecule has 1 aliphatic rings. The lowest BCUT2D eigenvalue weighted by Crippen LogP contribution is -2.31. The smallest absolute Gasteiger partial charge is 0.338 e. The van der Waals surface area contributed by atoms with Crippen LogP contribution in [0.2, 0.25) is 0 Å². The summed E-state index contributed by atoms with van der Waals surface area (Å²) in [6.07, 6.45) is -0.0674. The van der Waals surface area contributed by atoms with Crippen molar-refractivity contribution in [2.24, 2.45) is 0 Å². The minimum Gasteiger partial charge on any atom is -0.497 e. The third-order valence-corrected chi connectivity index (χ3v) is 7.98. The summed E-state index contributed by atoms with van der Waals surface area (Å²) in [5.74, 6) is -1.34. The van der Waals surface area contributed by atoms with E-state index in [0.717, 1.165) is 27.8 Å². The van der Waals surface area contributed by atoms with E-state index in [9.17, 15) is 24.4 Å². The van der Waals surface area contributed by atoms with Crippen LogP contribution in [0.4, 0.5) is 5.69 Å². The van der Waals surface area contributed by atoms with Crippen LogP contribution in [-0.4, -0.2) is 47.5 Å². The molecule has 3 aromatic carbocycles. The summed E-state index contributed by atoms with van der Waals surface area (Å²) in [6.45, 7) is 1.54. The first kappa shape index (κ1) is 29.2. The predicted octanol–water partition coefficient (Wildman–Crippen LogP) is 5.40. The van der Waals surface area contributed by atoms with Crippen LogP contribution in [0.3, 0.4) is 0 Å². The number of hydrogen-bond acceptors (Lipinski definition) is 9. The number of aryl methyl sites for hydroxylation is 1. The highest BCUT2D eigenvalue weighted by Crippen LogP contribution is 2.35. The molecule has 1 aliphatic heterocycles. The second-order valence-corrected chi connectivity index (χ2v) is 10.9. The second-order valence-electron chi connectivity index (χ2n) is 9.68. The van der Waals surface area contributed by atoms with Crippen molar-refractivity contribution in [1.29, 1.82) is 5.26 Å². The van der Waals surface area contributed by atoms with Crippen LogP contribution in [0.1, 0.15) is 38.3 Å². The second kappa shape index (κ2) is 12.7. The van der Waals surface area contributed by atoms with E-state index in [1.165, 1.54) is 31.4 Å². The zero-order chi connectivity index (χ0) is 30.5. The number of hydrogen-bond donors (Lipinski definition) is 0. The Morgan fingerprint density at radius 1 is 0.953 bits per heavy atom. The Labute approximate surface area is 252 Å². The zero-order valence-electron chi connectivity index (χ0n) is 23.3. The quantitative estimate of drug-likeness (QED) is 0.143. The van der Waals surface area contributed by atoms with E-state index in [4.69, 9.17) is 9.47 Å². The van der Waals surface area contributed by atoms with Crippen molar-refractivity contribution in [1.82, 2.24) is 4.98 Å². The Morgan fingerprint density at radius 2 is 1.63 bits per heavy atom. The zero-order valence-corrected chi connectivity index (χ0v) is 24.1. The number of thioether (sulfide) groups is 1. The number of pyridine rings is 1. The monoisotopic (exact) mass is 591 g/mol. The summed E-state index contributed by atoms with van der Waals surface area (Å²) >= 11 is 1.08. The lowest BCUT2D eigenvalue weighted by molar-refractivity contribution is -0.121. The molecule has 1 unspecified atom stereocenters. The van der Waals surface area contributed by atoms with Crippen molar-refractivity contribution in [2.75, 3.05) is 18.6 Å². The molecule has 10 heteroatoms. The Bertz CT molecular complexity index is 1750. The van der Waals surface area contributed by atoms with E-state index in [1.54, 1.807) is 36.4 Å². The van der Waals surface area contributed by atoms with Crippen LogP contribution >= 0.6 is 11.8 Å². The van der Waals surface area contributed by atoms with Crippen molar-refractivity contribution in [3.8, 4) is 23.1 Å². The van der Waals surface area contributed by atoms with Gasteiger partial charge >= 0.3 is 5.97 Å². The highest BCUT2D eigenvalue weighted by molar-refractivity contribution is 8.00. The largest absolute Gasteiger partial charge is 0.497 e. The number of carbonyl (C=O) groups excluding carboxylic acids is 4. The van der Waals surface area contributed by atoms with Crippen LogP contribution in [0.5, 0.6) is 5.75 Å². The normalized spacial score (nSPS) is 14.3. The molecule has 214 valence electrons. The number of amides is 2. The van der Waals surface area contributed by atoms with E-state index in [1.807, 2.05) is 31.2 Å². The van der Waals surface area contributed by atoms with Crippen LogP contribution < -0.4 is 9.64 Å². The van der Waals surface area contributed by atoms with Gasteiger partial charge in [-0.3, -0.25) is 14.4 Å². The fraction of sp³-hybridized carbons (Fsp3) is 0.152. The van der Waals surface area contributed by atoms with Crippen LogP contribution in [0.15, 0.2) is 90.0 Å². The summed E-state index contributed by atoms with van der Waals surface area (Å²) in [5, 5.41) is 9.23. The molecular weight excluding hydrogens is 566 g/mol. The van der Waals surface area contributed by atoms with Crippen molar-refractivity contribution in [2.45, 2.75) is 23.6 Å². The van der Waals surface area contributed by atoms with E-state index >= 15 is 0 Å². The number of methoxy groups -OCH3 is 1. The number of anilines is 1. The van der Waals surface area contributed by atoms with Gasteiger partial charge in [0.15, 0.2) is 12.4 Å². The fourth-order valence-corrected chi connectivity index (χ4v) is 5.52. The lowest BCUT2D eigenvalue weighted by atomic mass is 10.1. The van der Waals surface area contributed by atoms with Gasteiger partial charge in [0.25, 0.3) is 0 Å². The van der Waals surface area contributed by atoms with Gasteiger partial charge in [-0.05, 0) is 67.6 Å². The molecule has 2 heterocycles. The molecule has 43 heavy (non-hydrogen) atoms. The molecule has 1 fully saturated rings. The maximum absolute atomic E-state index is 13.3. The first-order valence-corrected chi connectivity index (χ1v) is 14.1. The number of carbonyl (C=O) groups is 4. The number of nitrogens with zero attached hydrogens (tertiary/aromatic N) is 3. The van der Waals surface area contributed by atoms with Crippen molar-refractivity contribution in [3.63, 3.8) is 0 Å². The summed E-state index contributed by atoms with van der Waals surface area (Å²) in [5.41, 5.74) is 3.78. The van der Waals surface area contributed by atoms with Crippen LogP contribution in [0, 0.1) is 18.3 Å². The number of Topliss-reactive ketones (excluding diaryl/α,β-unsaturated/α-hetero) is 1. The summed E-state index contributed by atoms with van der Waals surface area (Å²) in [6, 6.07) is 25.6. The summed E-state index contributed by atoms with van der Waals surface area (Å²) in [4.78, 5) is 56.8. The fourth-order valence-electron chi connectivity index (χ4n) is 4.42. The molecule has 0 aliphatic carbocycles. The first-order valence-electron chi connectivity index (χ1n) is 13.2. The molecule has 0 bridgehead atoms. The van der Waals surface area contributed by atoms with Gasteiger partial charge in [-0.25, -0.2) is 14.7 Å². The van der Waals surface area contributed by atoms with Crippen LogP contribution in [0.25, 0.3) is 11.3 Å². The molecule has 0 radical (unpaired) electrons. The standard InChI is InChI=1S/C33H25N3O6S/c1-20-3-5-21(6-4-20)27-16-11-24(18-34)31(35-27)43-29-17-30(38)36(32(29)39)25-12-7-23(8-13-25)33(40)42-19-28(37)22-9-14-26(41-2)15-10-22/h3-16,29H,17,19H2,1-2H3. The minimum absolute atomic E-state index is 0.0674. The summed E-state index contributed by atoms with van der Waals surface area (Å²) in [7, 11) is 1.52. The average molecular weight is 592 g/mol. The van der Waals surface area contributed by atoms with Crippen LogP contribution in [-0.2, 0) is 14.3 Å². The molecule has 1 atom stereocenters. The molecule has 1 aromatic heterocycles. The highest BCUT2D eigenvalue weighted by Gasteiger charge is 2.41. The molecule has 0 N–H and O–H groups in total. The minimum atomic E-state index is -0.769. The molecule has 2 amide bonds. The van der Waals surface area contributed by atoms with Gasteiger partial charge in [0.2, 0.25) is 11.8 Å². The molecule has 9 nitrogen and oxygen atoms in total. The van der Waals surface area contributed by atoms with E-state index in [0.29, 0.717) is 33.3 Å². The Kier molecular flexibility index (Phi) is 8.64. The Morgan fingerprint density at radius 3 is 2.28 bits per heavy atom. The maximum Gasteiger partial charge on any atom is 0.338 e. The summed E-state index contributed by atoms with van der Waals surface area (Å²) < 4.78 is 10.2. The number of rotatable bonds is 9. The molecule has 1 saturated heterocycles. The molecule has 0 spiro atoms. The van der Waals surface area contributed by atoms with Gasteiger partial charge in [0, 0.05) is 17.5 Å². The molecule has 0 saturated carbocycles. The van der Waals surface area contributed by atoms with E-state index in [-0.39, 0.29) is 17.8 Å². The van der Waals surface area contributed by atoms with Crippen molar-refractivity contribution in [3.05, 3.63) is 107 Å². The number of imide groups is 1. The topological polar surface area (TPSA) is 127 Å². The first-order chi connectivity index (χ1) is 20.8. The predicted molar refractivity (Wildman–Crippen MR) is 160 cm³/mol. The van der Waals surface area contributed by atoms with Gasteiger partial charge in [-0.2, -0.15) is 5.26 Å². The third kappa shape index (κ3) is 6.47. The molecule has 5 rings (SSSR count). The van der Waals surface area contributed by atoms with Crippen molar-refractivity contribution < 1.29 is 28.7 Å². The van der Waals surface area contributed by atoms with Crippen molar-refractivity contribution >= 4 is 41.0 Å². The average Bonchev–Trinajstić information content (AvgIpc) is 3.31. The van der Waals surface area contributed by atoms with Gasteiger partial charge in [-0.15, -0.1) is 0 Å². The maximum atomic E-state index is 13.3. The number of esters is 1. The molecule has 4 aromatic rings. The number of benzene rings is 3. The Balaban J connectivity index is 1.24. The van der Waals surface area contributed by atoms with Gasteiger partial charge in [0.05, 0.1) is 34.9 Å². The van der Waals surface area contributed by atoms with Gasteiger partial charge in [0.1, 0.15) is 16.8 Å². The third-order valence-electron chi connectivity index (χ3n) is 6.79. The van der Waals surface area contributed by atoms with E-state index in [2.05, 4.69) is 11.1 Å². The van der Waals surface area contributed by atoms with E-state index < -0.39 is 29.6 Å². The molecular formula is C33H25N3O6S. The lowest BCUT2D eigenvalue weighted by Gasteiger charge is -2.15. The number of aromatic nitrogens is 1. The number of ketones is 1. The number of nitriles is 1. The highest BCUT2D eigenvalue weighted by atomic mass is 32.2. The van der Waals surface area contributed by atoms with Gasteiger partial charge in [-0.1, -0.05) is 41.6 Å². The number of ether oxygens (including phenoxy) is 2.